The third kappa shape index (κ3) is 5.84. The average molecular weight is 520 g/mol. The summed E-state index contributed by atoms with van der Waals surface area (Å²) in [5, 5.41) is 13.2. The number of hydrogen-bond donors (Lipinski definition) is 2. The number of rotatable bonds is 8. The highest BCUT2D eigenvalue weighted by Crippen LogP contribution is 2.39. The summed E-state index contributed by atoms with van der Waals surface area (Å²) < 4.78 is 22.6. The lowest BCUT2D eigenvalue weighted by molar-refractivity contribution is -0.127. The summed E-state index contributed by atoms with van der Waals surface area (Å²) in [7, 11) is 1.65. The minimum atomic E-state index is -0.437. The van der Waals surface area contributed by atoms with Gasteiger partial charge in [0, 0.05) is 31.1 Å². The van der Waals surface area contributed by atoms with Gasteiger partial charge < -0.3 is 19.7 Å². The molecule has 38 heavy (non-hydrogen) atoms. The van der Waals surface area contributed by atoms with Gasteiger partial charge in [-0.25, -0.2) is 9.37 Å². The summed E-state index contributed by atoms with van der Waals surface area (Å²) in [6.07, 6.45) is 11.2. The zero-order valence-corrected chi connectivity index (χ0v) is 22.1. The first-order chi connectivity index (χ1) is 18.5. The normalized spacial score (nSPS) is 22.1. The summed E-state index contributed by atoms with van der Waals surface area (Å²) in [5.41, 5.74) is 2.39. The number of nitrogens with zero attached hydrogens (tertiary/aromatic N) is 2. The number of carbonyl (C=O) groups excluding carboxylic acids is 1. The molecule has 6 nitrogen and oxygen atoms in total. The van der Waals surface area contributed by atoms with Crippen LogP contribution in [0.4, 0.5) is 4.39 Å². The third-order valence-electron chi connectivity index (χ3n) is 8.25. The number of amides is 1. The Balaban J connectivity index is 1.53. The van der Waals surface area contributed by atoms with Crippen molar-refractivity contribution in [1.29, 1.82) is 0 Å². The standard InChI is InChI=1S/C31H38FN3O3/c1-38-29(22-10-6-3-7-11-22)26-17-12-23(32)20-27(26)30-33-18-19-35(30)28(21-8-4-2-5-9-21)31(37)34-24-13-15-25(36)16-14-24/h3,6-7,10-12,17-21,24-25,28-29,36H,2,4-5,8-9,13-16H2,1H3,(H,34,37). The SMILES string of the molecule is COC(c1ccccc1)c1ccc(F)cc1-c1nccn1C(C(=O)NC1CCC(O)CC1)C1CCCCC1. The molecule has 2 aliphatic carbocycles. The monoisotopic (exact) mass is 519 g/mol. The molecular weight excluding hydrogens is 481 g/mol. The van der Waals surface area contributed by atoms with Gasteiger partial charge in [-0.3, -0.25) is 4.79 Å². The van der Waals surface area contributed by atoms with E-state index in [2.05, 4.69) is 10.3 Å². The van der Waals surface area contributed by atoms with Gasteiger partial charge in [-0.1, -0.05) is 55.7 Å². The maximum Gasteiger partial charge on any atom is 0.243 e. The molecule has 0 aliphatic heterocycles. The number of hydrogen-bond acceptors (Lipinski definition) is 4. The second kappa shape index (κ2) is 12.2. The number of ether oxygens (including phenoxy) is 1. The van der Waals surface area contributed by atoms with E-state index in [1.54, 1.807) is 19.4 Å². The molecule has 2 aromatic carbocycles. The molecule has 0 bridgehead atoms. The molecule has 3 aromatic rings. The van der Waals surface area contributed by atoms with Crippen molar-refractivity contribution in [2.24, 2.45) is 5.92 Å². The van der Waals surface area contributed by atoms with Crippen LogP contribution < -0.4 is 5.32 Å². The highest BCUT2D eigenvalue weighted by atomic mass is 19.1. The molecule has 2 fully saturated rings. The Labute approximate surface area is 224 Å². The molecule has 2 N–H and O–H groups in total. The van der Waals surface area contributed by atoms with Crippen LogP contribution in [0.2, 0.25) is 0 Å². The van der Waals surface area contributed by atoms with E-state index in [9.17, 15) is 14.3 Å². The Bertz CT molecular complexity index is 1200. The summed E-state index contributed by atoms with van der Waals surface area (Å²) in [6, 6.07) is 14.2. The van der Waals surface area contributed by atoms with Gasteiger partial charge in [0.25, 0.3) is 0 Å². The largest absolute Gasteiger partial charge is 0.393 e. The highest BCUT2D eigenvalue weighted by molar-refractivity contribution is 5.82. The van der Waals surface area contributed by atoms with Crippen LogP contribution in [-0.4, -0.2) is 39.8 Å². The molecule has 0 spiro atoms. The van der Waals surface area contributed by atoms with Crippen molar-refractivity contribution in [1.82, 2.24) is 14.9 Å². The van der Waals surface area contributed by atoms with E-state index in [-0.39, 0.29) is 29.8 Å². The van der Waals surface area contributed by atoms with Gasteiger partial charge in [0.15, 0.2) is 0 Å². The van der Waals surface area contributed by atoms with Crippen LogP contribution in [-0.2, 0) is 9.53 Å². The number of halogens is 1. The fourth-order valence-corrected chi connectivity index (χ4v) is 6.29. The zero-order valence-electron chi connectivity index (χ0n) is 22.1. The number of aliphatic hydroxyl groups excluding tert-OH is 1. The van der Waals surface area contributed by atoms with Gasteiger partial charge >= 0.3 is 0 Å². The molecule has 202 valence electrons. The van der Waals surface area contributed by atoms with E-state index >= 15 is 0 Å². The lowest BCUT2D eigenvalue weighted by Gasteiger charge is -2.34. The molecule has 0 saturated heterocycles. The minimum Gasteiger partial charge on any atom is -0.393 e. The molecular formula is C31H38FN3O3. The van der Waals surface area contributed by atoms with Crippen LogP contribution in [0.1, 0.15) is 81.1 Å². The predicted octanol–water partition coefficient (Wildman–Crippen LogP) is 5.97. The van der Waals surface area contributed by atoms with E-state index in [0.29, 0.717) is 24.2 Å². The summed E-state index contributed by atoms with van der Waals surface area (Å²) >= 11 is 0. The van der Waals surface area contributed by atoms with Crippen LogP contribution in [0.3, 0.4) is 0 Å². The number of methoxy groups -OCH3 is 1. The highest BCUT2D eigenvalue weighted by Gasteiger charge is 2.35. The van der Waals surface area contributed by atoms with E-state index in [1.165, 1.54) is 18.6 Å². The first kappa shape index (κ1) is 26.6. The maximum absolute atomic E-state index is 14.7. The number of imidazole rings is 1. The van der Waals surface area contributed by atoms with E-state index < -0.39 is 12.1 Å². The van der Waals surface area contributed by atoms with Gasteiger partial charge in [-0.15, -0.1) is 0 Å². The van der Waals surface area contributed by atoms with E-state index in [4.69, 9.17) is 4.74 Å². The Hall–Kier alpha value is -3.03. The van der Waals surface area contributed by atoms with E-state index in [0.717, 1.165) is 49.7 Å². The average Bonchev–Trinajstić information content (AvgIpc) is 3.41. The fourth-order valence-electron chi connectivity index (χ4n) is 6.29. The molecule has 2 unspecified atom stereocenters. The minimum absolute atomic E-state index is 0.0122. The molecule has 5 rings (SSSR count). The predicted molar refractivity (Wildman–Crippen MR) is 145 cm³/mol. The number of aromatic nitrogens is 2. The Morgan fingerprint density at radius 1 is 1.05 bits per heavy atom. The summed E-state index contributed by atoms with van der Waals surface area (Å²) in [6.45, 7) is 0. The van der Waals surface area contributed by atoms with Gasteiger partial charge in [-0.2, -0.15) is 0 Å². The lowest BCUT2D eigenvalue weighted by Crippen LogP contribution is -2.44. The van der Waals surface area contributed by atoms with Crippen molar-refractivity contribution in [2.45, 2.75) is 82.1 Å². The van der Waals surface area contributed by atoms with Crippen molar-refractivity contribution < 1.29 is 19.0 Å². The number of nitrogens with one attached hydrogen (secondary N) is 1. The second-order valence-electron chi connectivity index (χ2n) is 10.8. The Morgan fingerprint density at radius 3 is 2.50 bits per heavy atom. The zero-order chi connectivity index (χ0) is 26.5. The quantitative estimate of drug-likeness (QED) is 0.385. The molecule has 1 amide bonds. The van der Waals surface area contributed by atoms with Crippen LogP contribution in [0.25, 0.3) is 11.4 Å². The van der Waals surface area contributed by atoms with Gasteiger partial charge in [0.05, 0.1) is 6.10 Å². The van der Waals surface area contributed by atoms with Gasteiger partial charge in [0.2, 0.25) is 5.91 Å². The van der Waals surface area contributed by atoms with Crippen molar-refractivity contribution in [2.75, 3.05) is 7.11 Å². The first-order valence-corrected chi connectivity index (χ1v) is 13.9. The fraction of sp³-hybridized carbons (Fsp3) is 0.484. The lowest BCUT2D eigenvalue weighted by atomic mass is 9.82. The van der Waals surface area contributed by atoms with Crippen LogP contribution >= 0.6 is 0 Å². The number of benzene rings is 2. The smallest absolute Gasteiger partial charge is 0.243 e. The molecule has 7 heteroatoms. The van der Waals surface area contributed by atoms with Crippen LogP contribution in [0, 0.1) is 11.7 Å². The third-order valence-corrected chi connectivity index (χ3v) is 8.25. The van der Waals surface area contributed by atoms with Crippen molar-refractivity contribution >= 4 is 5.91 Å². The first-order valence-electron chi connectivity index (χ1n) is 13.9. The van der Waals surface area contributed by atoms with Crippen LogP contribution in [0.15, 0.2) is 60.9 Å². The van der Waals surface area contributed by atoms with E-state index in [1.807, 2.05) is 41.1 Å². The second-order valence-corrected chi connectivity index (χ2v) is 10.8. The summed E-state index contributed by atoms with van der Waals surface area (Å²) in [4.78, 5) is 18.6. The number of aliphatic hydroxyl groups is 1. The number of carbonyl (C=O) groups is 1. The molecule has 2 saturated carbocycles. The molecule has 2 aliphatic rings. The topological polar surface area (TPSA) is 76.4 Å². The molecule has 1 heterocycles. The van der Waals surface area contributed by atoms with Crippen molar-refractivity contribution in [3.63, 3.8) is 0 Å². The van der Waals surface area contributed by atoms with Crippen LogP contribution in [0.5, 0.6) is 0 Å². The molecule has 2 atom stereocenters. The van der Waals surface area contributed by atoms with Crippen molar-refractivity contribution in [3.8, 4) is 11.4 Å². The maximum atomic E-state index is 14.7. The molecule has 0 radical (unpaired) electrons. The Kier molecular flexibility index (Phi) is 8.55. The van der Waals surface area contributed by atoms with Crippen molar-refractivity contribution in [3.05, 3.63) is 77.9 Å². The van der Waals surface area contributed by atoms with Gasteiger partial charge in [-0.05, 0) is 67.7 Å². The Morgan fingerprint density at radius 2 is 1.79 bits per heavy atom. The summed E-state index contributed by atoms with van der Waals surface area (Å²) in [5.74, 6) is 0.375. The van der Waals surface area contributed by atoms with Gasteiger partial charge in [0.1, 0.15) is 23.8 Å². The molecule has 1 aromatic heterocycles.